The highest BCUT2D eigenvalue weighted by atomic mass is 16.5. The van der Waals surface area contributed by atoms with Crippen LogP contribution in [0.4, 0.5) is 0 Å². The predicted octanol–water partition coefficient (Wildman–Crippen LogP) is 2.06. The molecule has 4 N–H and O–H groups in total. The molecule has 6 atom stereocenters. The summed E-state index contributed by atoms with van der Waals surface area (Å²) < 4.78 is 6.62. The van der Waals surface area contributed by atoms with E-state index in [0.29, 0.717) is 0 Å². The highest BCUT2D eigenvalue weighted by molar-refractivity contribution is 5.48. The largest absolute Gasteiger partial charge is 0.474 e. The van der Waals surface area contributed by atoms with Gasteiger partial charge in [-0.1, -0.05) is 11.6 Å². The van der Waals surface area contributed by atoms with Crippen LogP contribution < -0.4 is 10.6 Å². The van der Waals surface area contributed by atoms with Crippen molar-refractivity contribution in [2.24, 2.45) is 11.8 Å². The Bertz CT molecular complexity index is 619. The Kier molecular flexibility index (Phi) is 5.28. The van der Waals surface area contributed by atoms with E-state index in [1.165, 1.54) is 5.57 Å². The van der Waals surface area contributed by atoms with Crippen LogP contribution >= 0.6 is 0 Å². The molecule has 0 radical (unpaired) electrons. The topological polar surface area (TPSA) is 75.2 Å². The van der Waals surface area contributed by atoms with E-state index in [0.717, 1.165) is 44.9 Å². The van der Waals surface area contributed by atoms with Gasteiger partial charge in [-0.15, -0.1) is 0 Å². The first-order chi connectivity index (χ1) is 12.5. The van der Waals surface area contributed by atoms with Crippen LogP contribution in [0.15, 0.2) is 11.6 Å². The van der Waals surface area contributed by atoms with Gasteiger partial charge in [-0.05, 0) is 66.7 Å². The van der Waals surface area contributed by atoms with Crippen molar-refractivity contribution in [3.8, 4) is 0 Å². The number of carbonyl (C=O) groups excluding carboxylic acids is 1. The third-order valence-electron chi connectivity index (χ3n) is 7.94. The Hall–Kier alpha value is -0.910. The van der Waals surface area contributed by atoms with Gasteiger partial charge in [-0.3, -0.25) is 4.79 Å². The van der Waals surface area contributed by atoms with Crippen LogP contribution in [-0.2, 0) is 9.53 Å². The SMILES string of the molecule is [CH2-][NH2+]C1(C)CCC(C2(C)CCC(C(C)(C)NC=O)O2)C2(O)C=C(C)CCC12. The molecule has 1 heterocycles. The molecule has 0 aromatic carbocycles. The Morgan fingerprint density at radius 1 is 1.30 bits per heavy atom. The molecule has 1 amide bonds. The lowest BCUT2D eigenvalue weighted by Crippen LogP contribution is -2.95. The normalized spacial score (nSPS) is 45.1. The monoisotopic (exact) mass is 378 g/mol. The molecule has 0 aromatic heterocycles. The number of hydrogen-bond acceptors (Lipinski definition) is 3. The summed E-state index contributed by atoms with van der Waals surface area (Å²) in [5.41, 5.74) is -0.446. The second-order valence-corrected chi connectivity index (χ2v) is 10.2. The Labute approximate surface area is 164 Å². The van der Waals surface area contributed by atoms with Crippen molar-refractivity contribution in [3.63, 3.8) is 0 Å². The van der Waals surface area contributed by atoms with Crippen molar-refractivity contribution in [1.29, 1.82) is 0 Å². The molecule has 5 nitrogen and oxygen atoms in total. The van der Waals surface area contributed by atoms with E-state index in [1.807, 2.05) is 13.8 Å². The van der Waals surface area contributed by atoms with Crippen LogP contribution in [-0.4, -0.2) is 39.9 Å². The quantitative estimate of drug-likeness (QED) is 0.389. The zero-order valence-electron chi connectivity index (χ0n) is 17.7. The van der Waals surface area contributed by atoms with Crippen LogP contribution in [0.1, 0.15) is 73.1 Å². The molecule has 1 aliphatic heterocycles. The van der Waals surface area contributed by atoms with Crippen LogP contribution in [0.3, 0.4) is 0 Å². The first kappa shape index (κ1) is 20.8. The van der Waals surface area contributed by atoms with Gasteiger partial charge in [0.1, 0.15) is 0 Å². The van der Waals surface area contributed by atoms with Crippen LogP contribution in [0.25, 0.3) is 0 Å². The number of nitrogens with two attached hydrogens (primary N) is 1. The van der Waals surface area contributed by atoms with Crippen LogP contribution in [0.2, 0.25) is 0 Å². The first-order valence-corrected chi connectivity index (χ1v) is 10.4. The zero-order chi connectivity index (χ0) is 20.1. The molecule has 5 heteroatoms. The Morgan fingerprint density at radius 3 is 2.63 bits per heavy atom. The van der Waals surface area contributed by atoms with Crippen LogP contribution in [0, 0.1) is 18.9 Å². The van der Waals surface area contributed by atoms with Gasteiger partial charge in [0.25, 0.3) is 0 Å². The van der Waals surface area contributed by atoms with Crippen molar-refractivity contribution in [2.75, 3.05) is 0 Å². The summed E-state index contributed by atoms with van der Waals surface area (Å²) in [6, 6.07) is 0. The van der Waals surface area contributed by atoms with E-state index in [9.17, 15) is 9.90 Å². The maximum absolute atomic E-state index is 12.0. The molecule has 0 aromatic rings. The number of allylic oxidation sites excluding steroid dienone is 1. The molecular weight excluding hydrogens is 340 g/mol. The molecule has 3 rings (SSSR count). The molecule has 1 saturated heterocycles. The van der Waals surface area contributed by atoms with Gasteiger partial charge in [0.15, 0.2) is 0 Å². The van der Waals surface area contributed by atoms with Crippen LogP contribution in [0.5, 0.6) is 0 Å². The molecule has 154 valence electrons. The highest BCUT2D eigenvalue weighted by Crippen LogP contribution is 2.55. The lowest BCUT2D eigenvalue weighted by atomic mass is 9.53. The van der Waals surface area contributed by atoms with Gasteiger partial charge >= 0.3 is 0 Å². The molecule has 6 unspecified atom stereocenters. The maximum atomic E-state index is 12.0. The number of nitrogens with one attached hydrogen (secondary N) is 1. The summed E-state index contributed by atoms with van der Waals surface area (Å²) in [4.78, 5) is 11.0. The number of carbonyl (C=O) groups is 1. The zero-order valence-corrected chi connectivity index (χ0v) is 17.7. The van der Waals surface area contributed by atoms with Gasteiger partial charge in [0.05, 0.1) is 28.4 Å². The number of fused-ring (bicyclic) bond motifs is 1. The van der Waals surface area contributed by atoms with Crippen molar-refractivity contribution < 1.29 is 20.0 Å². The first-order valence-electron chi connectivity index (χ1n) is 10.4. The van der Waals surface area contributed by atoms with Gasteiger partial charge in [0.2, 0.25) is 6.41 Å². The molecule has 2 aliphatic carbocycles. The second-order valence-electron chi connectivity index (χ2n) is 10.2. The highest BCUT2D eigenvalue weighted by Gasteiger charge is 2.62. The van der Waals surface area contributed by atoms with E-state index in [1.54, 1.807) is 0 Å². The van der Waals surface area contributed by atoms with Crippen molar-refractivity contribution >= 4 is 6.41 Å². The number of aliphatic hydroxyl groups is 1. The Morgan fingerprint density at radius 2 is 2.00 bits per heavy atom. The standard InChI is InChI=1S/C22H38N2O3/c1-15-7-8-16-20(4,23-6)11-9-17(22(16,26)13-15)21(5)12-10-18(27-21)19(2,3)24-14-25/h13-14,16-18,26H,6-12,23H2,1-5H3,(H,24,25). The summed E-state index contributed by atoms with van der Waals surface area (Å²) in [5.74, 6) is 0.223. The van der Waals surface area contributed by atoms with Gasteiger partial charge in [0, 0.05) is 18.3 Å². The maximum Gasteiger partial charge on any atom is 0.207 e. The minimum Gasteiger partial charge on any atom is -0.474 e. The van der Waals surface area contributed by atoms with Crippen molar-refractivity contribution in [3.05, 3.63) is 18.7 Å². The van der Waals surface area contributed by atoms with E-state index in [-0.39, 0.29) is 23.5 Å². The summed E-state index contributed by atoms with van der Waals surface area (Å²) in [6.07, 6.45) is 8.62. The van der Waals surface area contributed by atoms with Crippen molar-refractivity contribution in [1.82, 2.24) is 5.32 Å². The minimum absolute atomic E-state index is 0.0452. The fourth-order valence-corrected chi connectivity index (χ4v) is 6.14. The van der Waals surface area contributed by atoms with Gasteiger partial charge < -0.3 is 20.5 Å². The Balaban J connectivity index is 1.92. The smallest absolute Gasteiger partial charge is 0.207 e. The van der Waals surface area contributed by atoms with E-state index >= 15 is 0 Å². The predicted molar refractivity (Wildman–Crippen MR) is 106 cm³/mol. The van der Waals surface area contributed by atoms with E-state index in [4.69, 9.17) is 4.74 Å². The van der Waals surface area contributed by atoms with E-state index in [2.05, 4.69) is 44.5 Å². The molecule has 2 fully saturated rings. The molecule has 0 spiro atoms. The summed E-state index contributed by atoms with van der Waals surface area (Å²) in [5, 5.41) is 17.0. The minimum atomic E-state index is -0.866. The molecule has 1 saturated carbocycles. The molecule has 27 heavy (non-hydrogen) atoms. The fourth-order valence-electron chi connectivity index (χ4n) is 6.14. The fraction of sp³-hybridized carbons (Fsp3) is 0.818. The molecule has 0 bridgehead atoms. The van der Waals surface area contributed by atoms with Gasteiger partial charge in [-0.2, -0.15) is 7.05 Å². The average molecular weight is 379 g/mol. The third kappa shape index (κ3) is 3.36. The molecule has 3 aliphatic rings. The molecular formula is C22H38N2O3. The lowest BCUT2D eigenvalue weighted by molar-refractivity contribution is -0.689. The number of rotatable bonds is 5. The van der Waals surface area contributed by atoms with Crippen molar-refractivity contribution in [2.45, 2.75) is 102 Å². The number of ether oxygens (including phenoxy) is 1. The summed E-state index contributed by atoms with van der Waals surface area (Å²) >= 11 is 0. The number of amides is 1. The summed E-state index contributed by atoms with van der Waals surface area (Å²) in [6.45, 7) is 10.6. The summed E-state index contributed by atoms with van der Waals surface area (Å²) in [7, 11) is 4.10. The average Bonchev–Trinajstić information content (AvgIpc) is 2.98. The van der Waals surface area contributed by atoms with E-state index < -0.39 is 16.7 Å². The number of hydrogen-bond donors (Lipinski definition) is 3. The van der Waals surface area contributed by atoms with Gasteiger partial charge in [-0.25, -0.2) is 0 Å². The lowest BCUT2D eigenvalue weighted by Gasteiger charge is -2.58. The number of quaternary nitrogens is 1. The second kappa shape index (κ2) is 6.85. The third-order valence-corrected chi connectivity index (χ3v) is 7.94.